The van der Waals surface area contributed by atoms with E-state index in [4.69, 9.17) is 10.7 Å². The second-order valence-corrected chi connectivity index (χ2v) is 7.08. The summed E-state index contributed by atoms with van der Waals surface area (Å²) in [6.07, 6.45) is 1.89. The van der Waals surface area contributed by atoms with Crippen LogP contribution in [-0.4, -0.2) is 25.6 Å². The molecule has 3 aromatic rings. The zero-order valence-electron chi connectivity index (χ0n) is 13.7. The number of nitrogen functional groups attached to an aromatic ring is 1. The van der Waals surface area contributed by atoms with Gasteiger partial charge in [0, 0.05) is 5.39 Å². The van der Waals surface area contributed by atoms with Gasteiger partial charge in [-0.05, 0) is 30.4 Å². The average Bonchev–Trinajstić information content (AvgIpc) is 3.01. The van der Waals surface area contributed by atoms with Crippen LogP contribution in [0.1, 0.15) is 51.0 Å². The first-order valence-electron chi connectivity index (χ1n) is 7.82. The first kappa shape index (κ1) is 15.4. The van der Waals surface area contributed by atoms with Crippen LogP contribution in [-0.2, 0) is 0 Å². The lowest BCUT2D eigenvalue weighted by atomic mass is 9.85. The Kier molecular flexibility index (Phi) is 3.98. The lowest BCUT2D eigenvalue weighted by Gasteiger charge is -2.22. The Morgan fingerprint density at radius 1 is 1.22 bits per heavy atom. The number of hydrogen-bond donors (Lipinski definition) is 2. The number of nitrogens with one attached hydrogen (secondary N) is 1. The van der Waals surface area contributed by atoms with Crippen LogP contribution in [0.15, 0.2) is 30.3 Å². The number of pyridine rings is 1. The number of benzene rings is 1. The quantitative estimate of drug-likeness (QED) is 0.771. The van der Waals surface area contributed by atoms with Gasteiger partial charge in [-0.3, -0.25) is 0 Å². The van der Waals surface area contributed by atoms with Gasteiger partial charge in [-0.2, -0.15) is 5.21 Å². The van der Waals surface area contributed by atoms with Crippen molar-refractivity contribution in [3.8, 4) is 0 Å². The molecule has 1 aromatic carbocycles. The van der Waals surface area contributed by atoms with Crippen molar-refractivity contribution in [2.45, 2.75) is 39.5 Å². The molecule has 0 fully saturated rings. The van der Waals surface area contributed by atoms with Crippen molar-refractivity contribution < 1.29 is 0 Å². The SMILES string of the molecule is CC(C)(C)CCC(c1nn[nH]n1)c1nc2ccccc2cc1N. The lowest BCUT2D eigenvalue weighted by Crippen LogP contribution is -2.13. The van der Waals surface area contributed by atoms with Crippen LogP contribution in [0.4, 0.5) is 5.69 Å². The molecule has 3 rings (SSSR count). The molecule has 0 saturated heterocycles. The standard InChI is InChI=1S/C17H22N6/c1-17(2,3)9-8-12(16-20-22-23-21-16)15-13(18)10-11-6-4-5-7-14(11)19-15/h4-7,10,12H,8-9,18H2,1-3H3,(H,20,21,22,23). The molecule has 2 heterocycles. The van der Waals surface area contributed by atoms with E-state index in [1.807, 2.05) is 30.3 Å². The minimum atomic E-state index is -0.0578. The van der Waals surface area contributed by atoms with Gasteiger partial charge in [0.1, 0.15) is 0 Å². The minimum Gasteiger partial charge on any atom is -0.397 e. The Morgan fingerprint density at radius 3 is 2.70 bits per heavy atom. The Morgan fingerprint density at radius 2 is 2.00 bits per heavy atom. The second-order valence-electron chi connectivity index (χ2n) is 7.08. The fraction of sp³-hybridized carbons (Fsp3) is 0.412. The van der Waals surface area contributed by atoms with Gasteiger partial charge in [-0.1, -0.05) is 44.2 Å². The number of hydrogen-bond acceptors (Lipinski definition) is 5. The number of nitrogens with zero attached hydrogens (tertiary/aromatic N) is 4. The van der Waals surface area contributed by atoms with Crippen LogP contribution in [0.5, 0.6) is 0 Å². The predicted octanol–water partition coefficient (Wildman–Crippen LogP) is 3.29. The van der Waals surface area contributed by atoms with Crippen molar-refractivity contribution in [2.75, 3.05) is 5.73 Å². The summed E-state index contributed by atoms with van der Waals surface area (Å²) in [6, 6.07) is 9.95. The molecule has 6 nitrogen and oxygen atoms in total. The summed E-state index contributed by atoms with van der Waals surface area (Å²) in [4.78, 5) is 4.79. The molecule has 120 valence electrons. The minimum absolute atomic E-state index is 0.0578. The van der Waals surface area contributed by atoms with E-state index in [0.717, 1.165) is 29.4 Å². The zero-order valence-corrected chi connectivity index (χ0v) is 13.7. The van der Waals surface area contributed by atoms with E-state index in [-0.39, 0.29) is 11.3 Å². The maximum absolute atomic E-state index is 6.28. The highest BCUT2D eigenvalue weighted by molar-refractivity contribution is 5.82. The van der Waals surface area contributed by atoms with E-state index in [0.29, 0.717) is 11.5 Å². The molecule has 0 aliphatic carbocycles. The Bertz CT molecular complexity index is 788. The Labute approximate surface area is 135 Å². The first-order chi connectivity index (χ1) is 10.9. The fourth-order valence-corrected chi connectivity index (χ4v) is 2.71. The molecule has 0 aliphatic rings. The van der Waals surface area contributed by atoms with Crippen molar-refractivity contribution in [1.82, 2.24) is 25.6 Å². The smallest absolute Gasteiger partial charge is 0.183 e. The van der Waals surface area contributed by atoms with Crippen LogP contribution in [0.25, 0.3) is 10.9 Å². The molecule has 1 unspecified atom stereocenters. The third-order valence-electron chi connectivity index (χ3n) is 3.97. The molecule has 0 aliphatic heterocycles. The van der Waals surface area contributed by atoms with E-state index < -0.39 is 0 Å². The van der Waals surface area contributed by atoms with Gasteiger partial charge < -0.3 is 5.73 Å². The van der Waals surface area contributed by atoms with Gasteiger partial charge in [0.05, 0.1) is 22.8 Å². The molecular formula is C17H22N6. The third-order valence-corrected chi connectivity index (χ3v) is 3.97. The van der Waals surface area contributed by atoms with Crippen molar-refractivity contribution >= 4 is 16.6 Å². The molecule has 0 saturated carbocycles. The number of nitrogens with two attached hydrogens (primary N) is 1. The molecule has 6 heteroatoms. The highest BCUT2D eigenvalue weighted by Gasteiger charge is 2.25. The van der Waals surface area contributed by atoms with Crippen molar-refractivity contribution in [3.05, 3.63) is 41.9 Å². The first-order valence-corrected chi connectivity index (χ1v) is 7.82. The monoisotopic (exact) mass is 310 g/mol. The zero-order chi connectivity index (χ0) is 16.4. The maximum Gasteiger partial charge on any atom is 0.183 e. The van der Waals surface area contributed by atoms with Gasteiger partial charge in [0.2, 0.25) is 0 Å². The number of para-hydroxylation sites is 1. The Hall–Kier alpha value is -2.50. The summed E-state index contributed by atoms with van der Waals surface area (Å²) < 4.78 is 0. The van der Waals surface area contributed by atoms with Gasteiger partial charge >= 0.3 is 0 Å². The summed E-state index contributed by atoms with van der Waals surface area (Å²) >= 11 is 0. The van der Waals surface area contributed by atoms with Crippen LogP contribution >= 0.6 is 0 Å². The van der Waals surface area contributed by atoms with Gasteiger partial charge in [-0.25, -0.2) is 4.98 Å². The van der Waals surface area contributed by atoms with E-state index in [1.165, 1.54) is 0 Å². The lowest BCUT2D eigenvalue weighted by molar-refractivity contribution is 0.353. The van der Waals surface area contributed by atoms with E-state index in [1.54, 1.807) is 0 Å². The van der Waals surface area contributed by atoms with Gasteiger partial charge in [0.25, 0.3) is 0 Å². The van der Waals surface area contributed by atoms with E-state index >= 15 is 0 Å². The largest absolute Gasteiger partial charge is 0.397 e. The summed E-state index contributed by atoms with van der Waals surface area (Å²) in [6.45, 7) is 6.66. The number of H-pyrrole nitrogens is 1. The van der Waals surface area contributed by atoms with Crippen LogP contribution in [0.2, 0.25) is 0 Å². The maximum atomic E-state index is 6.28. The van der Waals surface area contributed by atoms with Crippen LogP contribution in [0.3, 0.4) is 0 Å². The highest BCUT2D eigenvalue weighted by atomic mass is 15.5. The number of tetrazole rings is 1. The molecule has 0 amide bonds. The summed E-state index contributed by atoms with van der Waals surface area (Å²) in [7, 11) is 0. The van der Waals surface area contributed by atoms with E-state index in [9.17, 15) is 0 Å². The third kappa shape index (κ3) is 3.47. The van der Waals surface area contributed by atoms with Gasteiger partial charge in [0.15, 0.2) is 5.82 Å². The fourth-order valence-electron chi connectivity index (χ4n) is 2.71. The van der Waals surface area contributed by atoms with Crippen molar-refractivity contribution in [2.24, 2.45) is 5.41 Å². The molecule has 0 radical (unpaired) electrons. The summed E-state index contributed by atoms with van der Waals surface area (Å²) in [5.41, 5.74) is 8.93. The summed E-state index contributed by atoms with van der Waals surface area (Å²) in [5, 5.41) is 15.6. The van der Waals surface area contributed by atoms with Crippen LogP contribution in [0, 0.1) is 5.41 Å². The summed E-state index contributed by atoms with van der Waals surface area (Å²) in [5.74, 6) is 0.585. The average molecular weight is 310 g/mol. The van der Waals surface area contributed by atoms with Crippen LogP contribution < -0.4 is 5.73 Å². The predicted molar refractivity (Wildman–Crippen MR) is 90.9 cm³/mol. The molecule has 2 aromatic heterocycles. The van der Waals surface area contributed by atoms with E-state index in [2.05, 4.69) is 41.4 Å². The molecule has 23 heavy (non-hydrogen) atoms. The number of rotatable bonds is 4. The molecule has 1 atom stereocenters. The van der Waals surface area contributed by atoms with Gasteiger partial charge in [-0.15, -0.1) is 10.2 Å². The number of aromatic nitrogens is 5. The number of fused-ring (bicyclic) bond motifs is 1. The highest BCUT2D eigenvalue weighted by Crippen LogP contribution is 2.34. The number of anilines is 1. The number of aromatic amines is 1. The van der Waals surface area contributed by atoms with Crippen molar-refractivity contribution in [3.63, 3.8) is 0 Å². The topological polar surface area (TPSA) is 93.4 Å². The Balaban J connectivity index is 2.03. The molecule has 0 bridgehead atoms. The normalized spacial score (nSPS) is 13.3. The second kappa shape index (κ2) is 5.95. The molecule has 3 N–H and O–H groups in total. The van der Waals surface area contributed by atoms with Crippen molar-refractivity contribution in [1.29, 1.82) is 0 Å². The molecule has 0 spiro atoms. The molecular weight excluding hydrogens is 288 g/mol.